The van der Waals surface area contributed by atoms with E-state index in [0.717, 1.165) is 17.0 Å². The maximum atomic E-state index is 4.96. The van der Waals surface area contributed by atoms with Gasteiger partial charge in [0.15, 0.2) is 5.52 Å². The minimum atomic E-state index is 0. The van der Waals surface area contributed by atoms with Gasteiger partial charge in [0.2, 0.25) is 5.52 Å². The van der Waals surface area contributed by atoms with Crippen LogP contribution >= 0.6 is 11.8 Å². The number of para-hydroxylation sites is 2. The van der Waals surface area contributed by atoms with Crippen LogP contribution in [0, 0.1) is 0 Å². The lowest BCUT2D eigenvalue weighted by atomic mass is 10.0. The average Bonchev–Trinajstić information content (AvgIpc) is 3.01. The second-order valence-electron chi connectivity index (χ2n) is 6.42. The van der Waals surface area contributed by atoms with Crippen molar-refractivity contribution in [3.8, 4) is 11.1 Å². The normalized spacial score (nSPS) is 13.0. The Labute approximate surface area is 173 Å². The zero-order valence-electron chi connectivity index (χ0n) is 14.8. The monoisotopic (exact) mass is 435 g/mol. The van der Waals surface area contributed by atoms with Gasteiger partial charge >= 0.3 is 5.16 Å². The Hall–Kier alpha value is -2.37. The van der Waals surface area contributed by atoms with Crippen LogP contribution in [0.15, 0.2) is 89.1 Å². The summed E-state index contributed by atoms with van der Waals surface area (Å²) in [6.07, 6.45) is 0. The van der Waals surface area contributed by atoms with Gasteiger partial charge in [-0.1, -0.05) is 76.5 Å². The molecule has 1 aliphatic rings. The summed E-state index contributed by atoms with van der Waals surface area (Å²) >= 11 is 1.84. The molecule has 3 nitrogen and oxygen atoms in total. The number of aryl methyl sites for hydroxylation is 1. The van der Waals surface area contributed by atoms with Crippen LogP contribution in [-0.2, 0) is 7.05 Å². The number of hydrogen-bond donors (Lipinski definition) is 0. The summed E-state index contributed by atoms with van der Waals surface area (Å²) in [4.78, 5) is 0. The molecule has 27 heavy (non-hydrogen) atoms. The van der Waals surface area contributed by atoms with Gasteiger partial charge in [-0.05, 0) is 35.0 Å². The molecule has 2 heterocycles. The zero-order chi connectivity index (χ0) is 17.5. The Morgan fingerprint density at radius 1 is 0.815 bits per heavy atom. The molecule has 0 spiro atoms. The van der Waals surface area contributed by atoms with Crippen molar-refractivity contribution in [3.63, 3.8) is 0 Å². The molecule has 0 unspecified atom stereocenters. The first-order valence-electron chi connectivity index (χ1n) is 8.67. The van der Waals surface area contributed by atoms with Gasteiger partial charge in [-0.3, -0.25) is 0 Å². The molecule has 0 radical (unpaired) electrons. The number of fused-ring (bicyclic) bond motifs is 3. The van der Waals surface area contributed by atoms with E-state index in [1.807, 2.05) is 17.8 Å². The molecule has 0 N–H and O–H groups in total. The van der Waals surface area contributed by atoms with Crippen molar-refractivity contribution in [1.29, 1.82) is 0 Å². The molecular formula is C22H18BrN3S. The first kappa shape index (κ1) is 18.0. The highest BCUT2D eigenvalue weighted by molar-refractivity contribution is 7.99. The van der Waals surface area contributed by atoms with Gasteiger partial charge in [0.05, 0.1) is 12.8 Å². The van der Waals surface area contributed by atoms with Crippen molar-refractivity contribution in [2.75, 3.05) is 5.75 Å². The number of nitrogens with zero attached hydrogens (tertiary/aromatic N) is 3. The van der Waals surface area contributed by atoms with Gasteiger partial charge in [-0.2, -0.15) is 0 Å². The van der Waals surface area contributed by atoms with E-state index in [1.165, 1.54) is 27.4 Å². The van der Waals surface area contributed by atoms with Crippen molar-refractivity contribution in [3.05, 3.63) is 84.4 Å². The van der Waals surface area contributed by atoms with Crippen molar-refractivity contribution in [1.82, 2.24) is 4.68 Å². The highest BCUT2D eigenvalue weighted by Gasteiger charge is 2.28. The van der Waals surface area contributed by atoms with Crippen LogP contribution in [0.1, 0.15) is 5.56 Å². The van der Waals surface area contributed by atoms with E-state index in [9.17, 15) is 0 Å². The molecule has 3 aromatic carbocycles. The van der Waals surface area contributed by atoms with Crippen molar-refractivity contribution < 1.29 is 21.5 Å². The Morgan fingerprint density at radius 3 is 2.22 bits per heavy atom. The summed E-state index contributed by atoms with van der Waals surface area (Å²) < 4.78 is 4.29. The Morgan fingerprint density at radius 2 is 1.44 bits per heavy atom. The number of benzene rings is 3. The number of thioether (sulfide) groups is 1. The van der Waals surface area contributed by atoms with Crippen LogP contribution in [0.25, 0.3) is 22.2 Å². The lowest BCUT2D eigenvalue weighted by Crippen LogP contribution is -3.00. The maximum Gasteiger partial charge on any atom is 0.344 e. The van der Waals surface area contributed by atoms with Gasteiger partial charge in [-0.15, -0.1) is 0 Å². The fraction of sp³-hybridized carbons (Fsp3) is 0.0909. The summed E-state index contributed by atoms with van der Waals surface area (Å²) in [5.74, 6) is 0.884. The molecule has 0 fully saturated rings. The summed E-state index contributed by atoms with van der Waals surface area (Å²) in [6, 6.07) is 27.6. The van der Waals surface area contributed by atoms with E-state index in [1.54, 1.807) is 0 Å². The van der Waals surface area contributed by atoms with Gasteiger partial charge in [0.1, 0.15) is 5.71 Å². The Bertz CT molecular complexity index is 1130. The third kappa shape index (κ3) is 3.11. The van der Waals surface area contributed by atoms with Crippen LogP contribution in [0.5, 0.6) is 0 Å². The van der Waals surface area contributed by atoms with Gasteiger partial charge in [-0.25, -0.2) is 4.57 Å². The maximum absolute atomic E-state index is 4.96. The molecule has 0 amide bonds. The number of aromatic nitrogens is 2. The van der Waals surface area contributed by atoms with Crippen molar-refractivity contribution in [2.24, 2.45) is 12.1 Å². The Balaban J connectivity index is 0.00000180. The highest BCUT2D eigenvalue weighted by atomic mass is 79.9. The minimum Gasteiger partial charge on any atom is -1.00 e. The zero-order valence-corrected chi connectivity index (χ0v) is 17.2. The average molecular weight is 436 g/mol. The lowest BCUT2D eigenvalue weighted by Gasteiger charge is -2.10. The number of imidazole rings is 1. The predicted octanol–water partition coefficient (Wildman–Crippen LogP) is 1.49. The summed E-state index contributed by atoms with van der Waals surface area (Å²) in [7, 11) is 2.11. The lowest BCUT2D eigenvalue weighted by molar-refractivity contribution is -0.685. The molecule has 0 saturated carbocycles. The van der Waals surface area contributed by atoms with Gasteiger partial charge < -0.3 is 17.0 Å². The third-order valence-corrected chi connectivity index (χ3v) is 5.95. The van der Waals surface area contributed by atoms with E-state index in [4.69, 9.17) is 5.10 Å². The molecule has 134 valence electrons. The molecule has 5 heteroatoms. The van der Waals surface area contributed by atoms with Crippen LogP contribution in [0.3, 0.4) is 0 Å². The Kier molecular flexibility index (Phi) is 4.89. The SMILES string of the molecule is C[n+]1c2n(c3ccccc31)N=C(c1ccc(-c3ccccc3)cc1)CS2.[Br-]. The fourth-order valence-corrected chi connectivity index (χ4v) is 4.48. The number of halogens is 1. The standard InChI is InChI=1S/C22H18N3S.BrH/c1-24-20-9-5-6-10-21(20)25-22(24)26-15-19(23-25)18-13-11-17(12-14-18)16-7-3-2-4-8-16;/h2-14H,15H2,1H3;1H/q+1;/p-1. The fourth-order valence-electron chi connectivity index (χ4n) is 3.44. The van der Waals surface area contributed by atoms with E-state index in [-0.39, 0.29) is 17.0 Å². The molecule has 0 aliphatic carbocycles. The minimum absolute atomic E-state index is 0. The molecule has 5 rings (SSSR count). The van der Waals surface area contributed by atoms with Crippen LogP contribution < -0.4 is 21.5 Å². The molecule has 4 aromatic rings. The first-order valence-corrected chi connectivity index (χ1v) is 9.66. The predicted molar refractivity (Wildman–Crippen MR) is 108 cm³/mol. The summed E-state index contributed by atoms with van der Waals surface area (Å²) in [5, 5.41) is 6.14. The topological polar surface area (TPSA) is 21.2 Å². The van der Waals surface area contributed by atoms with Crippen LogP contribution in [-0.4, -0.2) is 16.1 Å². The molecule has 0 atom stereocenters. The van der Waals surface area contributed by atoms with Crippen LogP contribution in [0.2, 0.25) is 0 Å². The quantitative estimate of drug-likeness (QED) is 0.437. The van der Waals surface area contributed by atoms with E-state index >= 15 is 0 Å². The smallest absolute Gasteiger partial charge is 0.344 e. The highest BCUT2D eigenvalue weighted by Crippen LogP contribution is 2.28. The van der Waals surface area contributed by atoms with Gasteiger partial charge in [0.25, 0.3) is 0 Å². The molecular weight excluding hydrogens is 418 g/mol. The van der Waals surface area contributed by atoms with E-state index < -0.39 is 0 Å². The van der Waals surface area contributed by atoms with Gasteiger partial charge in [0, 0.05) is 5.56 Å². The van der Waals surface area contributed by atoms with E-state index in [2.05, 4.69) is 89.1 Å². The van der Waals surface area contributed by atoms with Crippen LogP contribution in [0.4, 0.5) is 0 Å². The summed E-state index contributed by atoms with van der Waals surface area (Å²) in [6.45, 7) is 0. The molecule has 1 aromatic heterocycles. The third-order valence-electron chi connectivity index (χ3n) is 4.82. The molecule has 0 bridgehead atoms. The second-order valence-corrected chi connectivity index (χ2v) is 7.36. The first-order chi connectivity index (χ1) is 12.8. The number of rotatable bonds is 2. The second kappa shape index (κ2) is 7.33. The number of hydrogen-bond acceptors (Lipinski definition) is 2. The van der Waals surface area contributed by atoms with Crippen molar-refractivity contribution in [2.45, 2.75) is 5.16 Å². The molecule has 1 aliphatic heterocycles. The van der Waals surface area contributed by atoms with E-state index in [0.29, 0.717) is 0 Å². The summed E-state index contributed by atoms with van der Waals surface area (Å²) in [5.41, 5.74) is 7.13. The van der Waals surface area contributed by atoms with Crippen molar-refractivity contribution >= 4 is 28.5 Å². The largest absolute Gasteiger partial charge is 1.00 e. The molecule has 0 saturated heterocycles.